The number of carbonyl (C=O) groups is 1. The number of hydrogen-bond acceptors (Lipinski definition) is 7. The molecule has 0 spiro atoms. The third kappa shape index (κ3) is 3.54. The standard InChI is InChI=1S/C25H24N2O5/c1-29-19-12-21(31-3)20(30-2)11-16(19)23-17(13-26)25(27)32-22-10-15(9-18(28)24(22)23)14-7-5-4-6-8-14/h4-8,11-12,15,23H,9-10,27H2,1-3H3/t15-,23+/m0/s1. The second-order valence-electron chi connectivity index (χ2n) is 7.65. The van der Waals surface area contributed by atoms with Gasteiger partial charge in [0.05, 0.1) is 27.2 Å². The van der Waals surface area contributed by atoms with Gasteiger partial charge in [0.15, 0.2) is 17.3 Å². The van der Waals surface area contributed by atoms with E-state index >= 15 is 0 Å². The summed E-state index contributed by atoms with van der Waals surface area (Å²) in [5.41, 5.74) is 8.42. The lowest BCUT2D eigenvalue weighted by Gasteiger charge is -2.34. The summed E-state index contributed by atoms with van der Waals surface area (Å²) < 4.78 is 22.3. The molecular weight excluding hydrogens is 408 g/mol. The van der Waals surface area contributed by atoms with Crippen LogP contribution in [0.15, 0.2) is 65.3 Å². The zero-order valence-electron chi connectivity index (χ0n) is 18.2. The van der Waals surface area contributed by atoms with E-state index in [0.717, 1.165) is 5.56 Å². The Bertz CT molecular complexity index is 1160. The van der Waals surface area contributed by atoms with Gasteiger partial charge in [0, 0.05) is 30.0 Å². The highest BCUT2D eigenvalue weighted by Crippen LogP contribution is 2.50. The van der Waals surface area contributed by atoms with Gasteiger partial charge in [-0.25, -0.2) is 0 Å². The Morgan fingerprint density at radius 2 is 1.66 bits per heavy atom. The van der Waals surface area contributed by atoms with E-state index in [1.165, 1.54) is 21.3 Å². The number of Topliss-reactive ketones (excluding diaryl/α,β-unsaturated/α-hetero) is 1. The van der Waals surface area contributed by atoms with Crippen molar-refractivity contribution in [2.75, 3.05) is 21.3 Å². The van der Waals surface area contributed by atoms with Gasteiger partial charge in [-0.3, -0.25) is 4.79 Å². The number of nitrogens with two attached hydrogens (primary N) is 1. The van der Waals surface area contributed by atoms with Gasteiger partial charge in [-0.15, -0.1) is 0 Å². The number of benzene rings is 2. The quantitative estimate of drug-likeness (QED) is 0.764. The summed E-state index contributed by atoms with van der Waals surface area (Å²) in [5.74, 6) is 1.06. The minimum absolute atomic E-state index is 0.00500. The predicted octanol–water partition coefficient (Wildman–Crippen LogP) is 3.92. The van der Waals surface area contributed by atoms with E-state index in [1.807, 2.05) is 30.3 Å². The molecule has 2 atom stereocenters. The number of rotatable bonds is 5. The first-order chi connectivity index (χ1) is 15.5. The maximum Gasteiger partial charge on any atom is 0.205 e. The van der Waals surface area contributed by atoms with Crippen molar-refractivity contribution in [1.82, 2.24) is 0 Å². The predicted molar refractivity (Wildman–Crippen MR) is 117 cm³/mol. The van der Waals surface area contributed by atoms with Crippen LogP contribution in [0.4, 0.5) is 0 Å². The van der Waals surface area contributed by atoms with E-state index < -0.39 is 5.92 Å². The van der Waals surface area contributed by atoms with E-state index in [4.69, 9.17) is 24.7 Å². The van der Waals surface area contributed by atoms with Gasteiger partial charge in [0.1, 0.15) is 23.2 Å². The second kappa shape index (κ2) is 8.67. The number of nitrogens with zero attached hydrogens (tertiary/aromatic N) is 1. The van der Waals surface area contributed by atoms with E-state index in [9.17, 15) is 10.1 Å². The molecule has 4 rings (SSSR count). The monoisotopic (exact) mass is 432 g/mol. The summed E-state index contributed by atoms with van der Waals surface area (Å²) in [7, 11) is 4.57. The van der Waals surface area contributed by atoms with E-state index in [0.29, 0.717) is 47.0 Å². The summed E-state index contributed by atoms with van der Waals surface area (Å²) in [6.45, 7) is 0. The van der Waals surface area contributed by atoms with Crippen LogP contribution in [0, 0.1) is 11.3 Å². The zero-order chi connectivity index (χ0) is 22.8. The fourth-order valence-electron chi connectivity index (χ4n) is 4.46. The van der Waals surface area contributed by atoms with Gasteiger partial charge in [0.2, 0.25) is 5.88 Å². The van der Waals surface area contributed by atoms with Gasteiger partial charge in [0.25, 0.3) is 0 Å². The first kappa shape index (κ1) is 21.3. The van der Waals surface area contributed by atoms with Crippen LogP contribution in [0.25, 0.3) is 0 Å². The summed E-state index contributed by atoms with van der Waals surface area (Å²) >= 11 is 0. The third-order valence-electron chi connectivity index (χ3n) is 5.98. The second-order valence-corrected chi connectivity index (χ2v) is 7.65. The number of ether oxygens (including phenoxy) is 4. The third-order valence-corrected chi connectivity index (χ3v) is 5.98. The van der Waals surface area contributed by atoms with Crippen molar-refractivity contribution in [2.24, 2.45) is 5.73 Å². The fraction of sp³-hybridized carbons (Fsp3) is 0.280. The molecule has 1 aliphatic heterocycles. The molecule has 2 aliphatic rings. The Morgan fingerprint density at radius 1 is 1.00 bits per heavy atom. The van der Waals surface area contributed by atoms with Crippen LogP contribution in [0.1, 0.15) is 35.8 Å². The van der Waals surface area contributed by atoms with Gasteiger partial charge < -0.3 is 24.7 Å². The summed E-state index contributed by atoms with van der Waals surface area (Å²) in [6.07, 6.45) is 0.827. The first-order valence-corrected chi connectivity index (χ1v) is 10.2. The lowest BCUT2D eigenvalue weighted by molar-refractivity contribution is -0.117. The van der Waals surface area contributed by atoms with Crippen molar-refractivity contribution in [2.45, 2.75) is 24.7 Å². The van der Waals surface area contributed by atoms with Gasteiger partial charge in [-0.05, 0) is 17.5 Å². The number of allylic oxidation sites excluding steroid dienone is 3. The molecule has 1 heterocycles. The van der Waals surface area contributed by atoms with Crippen molar-refractivity contribution < 1.29 is 23.7 Å². The number of methoxy groups -OCH3 is 3. The number of carbonyl (C=O) groups excluding carboxylic acids is 1. The van der Waals surface area contributed by atoms with Crippen molar-refractivity contribution in [3.8, 4) is 23.3 Å². The Kier molecular flexibility index (Phi) is 5.78. The maximum atomic E-state index is 13.4. The Hall–Kier alpha value is -3.92. The Balaban J connectivity index is 1.87. The number of hydrogen-bond donors (Lipinski definition) is 1. The van der Waals surface area contributed by atoms with Crippen LogP contribution >= 0.6 is 0 Å². The average Bonchev–Trinajstić information content (AvgIpc) is 2.82. The number of ketones is 1. The maximum absolute atomic E-state index is 13.4. The largest absolute Gasteiger partial charge is 0.496 e. The summed E-state index contributed by atoms with van der Waals surface area (Å²) in [4.78, 5) is 13.4. The van der Waals surface area contributed by atoms with Crippen molar-refractivity contribution >= 4 is 5.78 Å². The van der Waals surface area contributed by atoms with E-state index in [2.05, 4.69) is 6.07 Å². The average molecular weight is 432 g/mol. The summed E-state index contributed by atoms with van der Waals surface area (Å²) in [5, 5.41) is 9.89. The van der Waals surface area contributed by atoms with Crippen LogP contribution in [0.3, 0.4) is 0 Å². The normalized spacial score (nSPS) is 20.2. The van der Waals surface area contributed by atoms with Gasteiger partial charge in [-0.2, -0.15) is 5.26 Å². The molecular formula is C25H24N2O5. The molecule has 0 bridgehead atoms. The topological polar surface area (TPSA) is 104 Å². The van der Waals surface area contributed by atoms with Crippen molar-refractivity contribution in [3.05, 3.63) is 76.4 Å². The summed E-state index contributed by atoms with van der Waals surface area (Å²) in [6, 6.07) is 15.4. The molecule has 32 heavy (non-hydrogen) atoms. The SMILES string of the molecule is COc1cc(OC)c([C@@H]2C(C#N)=C(N)OC3=C2C(=O)C[C@H](c2ccccc2)C3)cc1OC. The molecule has 2 N–H and O–H groups in total. The molecule has 0 fully saturated rings. The number of nitriles is 1. The Morgan fingerprint density at radius 3 is 2.28 bits per heavy atom. The minimum Gasteiger partial charge on any atom is -0.496 e. The smallest absolute Gasteiger partial charge is 0.205 e. The van der Waals surface area contributed by atoms with Gasteiger partial charge in [-0.1, -0.05) is 30.3 Å². The van der Waals surface area contributed by atoms with E-state index in [-0.39, 0.29) is 23.2 Å². The van der Waals surface area contributed by atoms with Crippen molar-refractivity contribution in [1.29, 1.82) is 5.26 Å². The lowest BCUT2D eigenvalue weighted by atomic mass is 9.73. The molecule has 1 aliphatic carbocycles. The van der Waals surface area contributed by atoms with Gasteiger partial charge >= 0.3 is 0 Å². The fourth-order valence-corrected chi connectivity index (χ4v) is 4.46. The molecule has 0 amide bonds. The van der Waals surface area contributed by atoms with Crippen LogP contribution in [-0.2, 0) is 9.53 Å². The molecule has 0 saturated carbocycles. The highest BCUT2D eigenvalue weighted by atomic mass is 16.5. The van der Waals surface area contributed by atoms with Crippen LogP contribution in [0.5, 0.6) is 17.2 Å². The minimum atomic E-state index is -0.720. The van der Waals surface area contributed by atoms with Crippen molar-refractivity contribution in [3.63, 3.8) is 0 Å². The molecule has 0 aromatic heterocycles. The molecule has 2 aromatic carbocycles. The molecule has 2 aromatic rings. The Labute approximate surface area is 186 Å². The van der Waals surface area contributed by atoms with E-state index in [1.54, 1.807) is 12.1 Å². The molecule has 7 heteroatoms. The zero-order valence-corrected chi connectivity index (χ0v) is 18.2. The highest BCUT2D eigenvalue weighted by molar-refractivity contribution is 6.00. The molecule has 0 saturated heterocycles. The molecule has 0 unspecified atom stereocenters. The van der Waals surface area contributed by atoms with Crippen LogP contribution in [0.2, 0.25) is 0 Å². The molecule has 0 radical (unpaired) electrons. The molecule has 164 valence electrons. The van der Waals surface area contributed by atoms with Crippen LogP contribution < -0.4 is 19.9 Å². The molecule has 7 nitrogen and oxygen atoms in total. The first-order valence-electron chi connectivity index (χ1n) is 10.2. The highest BCUT2D eigenvalue weighted by Gasteiger charge is 2.42. The lowest BCUT2D eigenvalue weighted by Crippen LogP contribution is -2.30. The van der Waals surface area contributed by atoms with Crippen LogP contribution in [-0.4, -0.2) is 27.1 Å².